The number of fused-ring (bicyclic) bond motifs is 7. The van der Waals surface area contributed by atoms with Gasteiger partial charge in [-0.05, 0) is 137 Å². The fraction of sp³-hybridized carbons (Fsp3) is 0.0690. The molecule has 0 spiro atoms. The summed E-state index contributed by atoms with van der Waals surface area (Å²) in [5, 5.41) is 5.10. The van der Waals surface area contributed by atoms with Gasteiger partial charge in [-0.15, -0.1) is 0 Å². The molecule has 2 nitrogen and oxygen atoms in total. The van der Waals surface area contributed by atoms with Crippen molar-refractivity contribution in [2.45, 2.75) is 26.2 Å². The first-order valence-electron chi connectivity index (χ1n) is 20.9. The minimum Gasteiger partial charge on any atom is -0.403 e. The summed E-state index contributed by atoms with van der Waals surface area (Å²) in [4.78, 5) is 2.27. The molecule has 0 saturated carbocycles. The molecule has 11 rings (SSSR count). The zero-order valence-electron chi connectivity index (χ0n) is 34.1. The van der Waals surface area contributed by atoms with Crippen molar-refractivity contribution in [1.82, 2.24) is 0 Å². The molecule has 0 aliphatic heterocycles. The third-order valence-electron chi connectivity index (χ3n) is 12.9. The van der Waals surface area contributed by atoms with Crippen LogP contribution < -0.4 is 10.6 Å². The van der Waals surface area contributed by atoms with Crippen molar-refractivity contribution in [2.24, 2.45) is 5.73 Å². The molecule has 0 bridgehead atoms. The Balaban J connectivity index is 1.07. The number of benzene rings is 9. The summed E-state index contributed by atoms with van der Waals surface area (Å²) >= 11 is 0. The Morgan fingerprint density at radius 2 is 0.967 bits per heavy atom. The third kappa shape index (κ3) is 5.27. The van der Waals surface area contributed by atoms with E-state index in [1.807, 2.05) is 13.0 Å². The van der Waals surface area contributed by atoms with Gasteiger partial charge in [-0.25, -0.2) is 0 Å². The van der Waals surface area contributed by atoms with E-state index in [2.05, 4.69) is 207 Å². The Morgan fingerprint density at radius 1 is 0.450 bits per heavy atom. The van der Waals surface area contributed by atoms with Crippen molar-refractivity contribution in [3.63, 3.8) is 0 Å². The average Bonchev–Trinajstić information content (AvgIpc) is 3.75. The van der Waals surface area contributed by atoms with Crippen molar-refractivity contribution < 1.29 is 0 Å². The lowest BCUT2D eigenvalue weighted by atomic mass is 9.82. The van der Waals surface area contributed by atoms with E-state index in [9.17, 15) is 0 Å². The molecule has 2 aliphatic rings. The van der Waals surface area contributed by atoms with Gasteiger partial charge < -0.3 is 10.6 Å². The maximum Gasteiger partial charge on any atom is 0.0612 e. The molecule has 9 aromatic carbocycles. The SMILES string of the molecule is C/C=C\C(=C/N)N(c1ccc(-c2ccc3c4c(cccc24)-c2c-3c(-c3ccccc3)c3ccccc3c2-c2ccccc2)cc1)c1ccc2c(c1)C(C)(C)c1ccccc1-2. The summed E-state index contributed by atoms with van der Waals surface area (Å²) in [6.45, 7) is 6.70. The summed E-state index contributed by atoms with van der Waals surface area (Å²) < 4.78 is 0. The highest BCUT2D eigenvalue weighted by Gasteiger charge is 2.36. The van der Waals surface area contributed by atoms with Crippen LogP contribution in [0.25, 0.3) is 88.3 Å². The van der Waals surface area contributed by atoms with Crippen LogP contribution in [-0.4, -0.2) is 0 Å². The molecule has 0 unspecified atom stereocenters. The molecule has 2 aliphatic carbocycles. The molecule has 0 saturated heterocycles. The van der Waals surface area contributed by atoms with Crippen LogP contribution in [0.1, 0.15) is 31.9 Å². The summed E-state index contributed by atoms with van der Waals surface area (Å²) in [5.41, 5.74) is 27.3. The smallest absolute Gasteiger partial charge is 0.0612 e. The van der Waals surface area contributed by atoms with Crippen LogP contribution >= 0.6 is 0 Å². The zero-order chi connectivity index (χ0) is 40.5. The van der Waals surface area contributed by atoms with Crippen molar-refractivity contribution in [3.05, 3.63) is 217 Å². The molecule has 0 atom stereocenters. The van der Waals surface area contributed by atoms with Gasteiger partial charge in [0.2, 0.25) is 0 Å². The van der Waals surface area contributed by atoms with Crippen LogP contribution in [0, 0.1) is 0 Å². The second-order valence-electron chi connectivity index (χ2n) is 16.5. The van der Waals surface area contributed by atoms with Crippen LogP contribution in [0.3, 0.4) is 0 Å². The van der Waals surface area contributed by atoms with Gasteiger partial charge in [0.1, 0.15) is 0 Å². The number of anilines is 2. The van der Waals surface area contributed by atoms with Gasteiger partial charge >= 0.3 is 0 Å². The van der Waals surface area contributed by atoms with E-state index in [1.54, 1.807) is 6.20 Å². The largest absolute Gasteiger partial charge is 0.403 e. The molecular formula is C58H44N2. The molecular weight excluding hydrogens is 725 g/mol. The van der Waals surface area contributed by atoms with E-state index in [0.717, 1.165) is 17.1 Å². The molecule has 9 aromatic rings. The van der Waals surface area contributed by atoms with Crippen LogP contribution in [0.5, 0.6) is 0 Å². The Bertz CT molecular complexity index is 3130. The van der Waals surface area contributed by atoms with Gasteiger partial charge in [-0.1, -0.05) is 178 Å². The second kappa shape index (κ2) is 13.9. The van der Waals surface area contributed by atoms with Gasteiger partial charge in [-0.3, -0.25) is 0 Å². The molecule has 286 valence electrons. The lowest BCUT2D eigenvalue weighted by Crippen LogP contribution is -2.19. The van der Waals surface area contributed by atoms with Crippen LogP contribution in [-0.2, 0) is 5.41 Å². The van der Waals surface area contributed by atoms with Gasteiger partial charge in [0.15, 0.2) is 0 Å². The van der Waals surface area contributed by atoms with Crippen LogP contribution in [0.4, 0.5) is 11.4 Å². The zero-order valence-corrected chi connectivity index (χ0v) is 34.1. The predicted octanol–water partition coefficient (Wildman–Crippen LogP) is 15.5. The maximum absolute atomic E-state index is 6.40. The molecule has 0 aromatic heterocycles. The Kier molecular flexibility index (Phi) is 8.25. The standard InChI is InChI=1S/C58H44N2/c1-4-16-42(36-59)60(41-31-32-45-44-21-13-14-26-51(44)58(2,3)52(45)35-41)40-29-27-37(28-30-40)43-33-34-50-55-46(43)24-15-25-49(55)56-53(38-17-7-5-8-18-38)47-22-11-12-23-48(47)54(57(50)56)39-19-9-6-10-20-39/h4-36H,59H2,1-3H3/b16-4-,42-36+. The number of nitrogens with zero attached hydrogens (tertiary/aromatic N) is 1. The summed E-state index contributed by atoms with van der Waals surface area (Å²) in [6, 6.07) is 67.1. The Labute approximate surface area is 352 Å². The van der Waals surface area contributed by atoms with Gasteiger partial charge in [0.05, 0.1) is 5.70 Å². The molecule has 60 heavy (non-hydrogen) atoms. The van der Waals surface area contributed by atoms with Gasteiger partial charge in [0, 0.05) is 23.0 Å². The van der Waals surface area contributed by atoms with E-state index >= 15 is 0 Å². The quantitative estimate of drug-likeness (QED) is 0.164. The predicted molar refractivity (Wildman–Crippen MR) is 255 cm³/mol. The van der Waals surface area contributed by atoms with Gasteiger partial charge in [0.25, 0.3) is 0 Å². The third-order valence-corrected chi connectivity index (χ3v) is 12.9. The highest BCUT2D eigenvalue weighted by molar-refractivity contribution is 6.28. The van der Waals surface area contributed by atoms with Gasteiger partial charge in [-0.2, -0.15) is 0 Å². The first-order chi connectivity index (χ1) is 29.5. The molecule has 0 amide bonds. The summed E-state index contributed by atoms with van der Waals surface area (Å²) in [5.74, 6) is 0. The second-order valence-corrected chi connectivity index (χ2v) is 16.5. The molecule has 2 heteroatoms. The number of nitrogens with two attached hydrogens (primary N) is 1. The van der Waals surface area contributed by atoms with E-state index in [4.69, 9.17) is 5.73 Å². The van der Waals surface area contributed by atoms with E-state index in [0.29, 0.717) is 0 Å². The number of rotatable bonds is 7. The van der Waals surface area contributed by atoms with Crippen molar-refractivity contribution in [1.29, 1.82) is 0 Å². The minimum atomic E-state index is -0.115. The van der Waals surface area contributed by atoms with E-state index in [1.165, 1.54) is 99.4 Å². The normalized spacial score (nSPS) is 13.5. The van der Waals surface area contributed by atoms with Crippen molar-refractivity contribution in [2.75, 3.05) is 4.90 Å². The molecule has 0 radical (unpaired) electrons. The van der Waals surface area contributed by atoms with Crippen molar-refractivity contribution >= 4 is 32.9 Å². The number of allylic oxidation sites excluding steroid dienone is 2. The average molecular weight is 769 g/mol. The minimum absolute atomic E-state index is 0.115. The molecule has 2 N–H and O–H groups in total. The van der Waals surface area contributed by atoms with Crippen LogP contribution in [0.2, 0.25) is 0 Å². The molecule has 0 heterocycles. The monoisotopic (exact) mass is 768 g/mol. The number of hydrogen-bond donors (Lipinski definition) is 1. The van der Waals surface area contributed by atoms with E-state index < -0.39 is 0 Å². The highest BCUT2D eigenvalue weighted by Crippen LogP contribution is 2.58. The van der Waals surface area contributed by atoms with Crippen LogP contribution in [0.15, 0.2) is 206 Å². The lowest BCUT2D eigenvalue weighted by Gasteiger charge is -2.28. The fourth-order valence-electron chi connectivity index (χ4n) is 10.3. The van der Waals surface area contributed by atoms with Crippen molar-refractivity contribution in [3.8, 4) is 66.8 Å². The first-order valence-corrected chi connectivity index (χ1v) is 20.9. The lowest BCUT2D eigenvalue weighted by molar-refractivity contribution is 0.660. The maximum atomic E-state index is 6.40. The fourth-order valence-corrected chi connectivity index (χ4v) is 10.3. The first kappa shape index (κ1) is 35.7. The molecule has 0 fully saturated rings. The Morgan fingerprint density at radius 3 is 1.62 bits per heavy atom. The Hall–Kier alpha value is -7.42. The highest BCUT2D eigenvalue weighted by atomic mass is 15.1. The topological polar surface area (TPSA) is 29.3 Å². The summed E-state index contributed by atoms with van der Waals surface area (Å²) in [6.07, 6.45) is 5.84. The van der Waals surface area contributed by atoms with E-state index in [-0.39, 0.29) is 5.41 Å². The summed E-state index contributed by atoms with van der Waals surface area (Å²) in [7, 11) is 0. The number of hydrogen-bond acceptors (Lipinski definition) is 2.